The molecule has 1 rings (SSSR count). The Morgan fingerprint density at radius 1 is 1.50 bits per heavy atom. The van der Waals surface area contributed by atoms with Crippen LogP contribution in [-0.4, -0.2) is 23.8 Å². The molecule has 1 heterocycles. The molecule has 1 aromatic rings. The van der Waals surface area contributed by atoms with E-state index in [4.69, 9.17) is 0 Å². The predicted octanol–water partition coefficient (Wildman–Crippen LogP) is 3.18. The van der Waals surface area contributed by atoms with Crippen LogP contribution in [-0.2, 0) is 11.3 Å². The number of rotatable bonds is 6. The average molecular weight is 239 g/mol. The van der Waals surface area contributed by atoms with E-state index in [1.165, 1.54) is 4.88 Å². The van der Waals surface area contributed by atoms with Gasteiger partial charge in [-0.25, -0.2) is 0 Å². The maximum Gasteiger partial charge on any atom is 0.126 e. The van der Waals surface area contributed by atoms with Crippen molar-refractivity contribution in [3.63, 3.8) is 0 Å². The topological polar surface area (TPSA) is 20.3 Å². The maximum absolute atomic E-state index is 11.0. The number of thiophene rings is 1. The zero-order chi connectivity index (χ0) is 12.2. The van der Waals surface area contributed by atoms with Gasteiger partial charge in [-0.2, -0.15) is 0 Å². The van der Waals surface area contributed by atoms with E-state index in [-0.39, 0.29) is 5.41 Å². The van der Waals surface area contributed by atoms with Crippen molar-refractivity contribution in [3.05, 3.63) is 22.4 Å². The summed E-state index contributed by atoms with van der Waals surface area (Å²) >= 11 is 1.77. The summed E-state index contributed by atoms with van der Waals surface area (Å²) < 4.78 is 0. The van der Waals surface area contributed by atoms with Crippen molar-refractivity contribution < 1.29 is 4.79 Å². The lowest BCUT2D eigenvalue weighted by atomic mass is 9.94. The number of hydrogen-bond acceptors (Lipinski definition) is 3. The molecule has 0 radical (unpaired) electrons. The van der Waals surface area contributed by atoms with E-state index in [1.807, 2.05) is 13.8 Å². The highest BCUT2D eigenvalue weighted by molar-refractivity contribution is 7.09. The molecule has 2 nitrogen and oxygen atoms in total. The number of aldehydes is 1. The van der Waals surface area contributed by atoms with Gasteiger partial charge >= 0.3 is 0 Å². The van der Waals surface area contributed by atoms with Crippen LogP contribution in [0.25, 0.3) is 0 Å². The second-order valence-corrected chi connectivity index (χ2v) is 6.22. The van der Waals surface area contributed by atoms with E-state index in [0.29, 0.717) is 6.04 Å². The first-order chi connectivity index (χ1) is 7.44. The first-order valence-electron chi connectivity index (χ1n) is 5.67. The first-order valence-corrected chi connectivity index (χ1v) is 6.55. The normalized spacial score (nSPS) is 12.4. The Kier molecular flexibility index (Phi) is 4.69. The van der Waals surface area contributed by atoms with E-state index in [0.717, 1.165) is 19.4 Å². The summed E-state index contributed by atoms with van der Waals surface area (Å²) in [5, 5.41) is 2.10. The third-order valence-electron chi connectivity index (χ3n) is 2.60. The summed E-state index contributed by atoms with van der Waals surface area (Å²) in [6.07, 6.45) is 1.05. The summed E-state index contributed by atoms with van der Waals surface area (Å²) in [6, 6.07) is 4.68. The molecule has 16 heavy (non-hydrogen) atoms. The molecule has 0 atom stereocenters. The Labute approximate surface area is 102 Å². The zero-order valence-corrected chi connectivity index (χ0v) is 11.4. The second kappa shape index (κ2) is 5.60. The zero-order valence-electron chi connectivity index (χ0n) is 10.6. The standard InChI is InChI=1S/C13H21NOS/c1-11(2)14(9-13(3,4)10-15)8-12-6-5-7-16-12/h5-7,10-11H,8-9H2,1-4H3. The highest BCUT2D eigenvalue weighted by atomic mass is 32.1. The van der Waals surface area contributed by atoms with Gasteiger partial charge in [0.1, 0.15) is 6.29 Å². The smallest absolute Gasteiger partial charge is 0.126 e. The van der Waals surface area contributed by atoms with Crippen LogP contribution in [0.1, 0.15) is 32.6 Å². The molecule has 0 saturated heterocycles. The molecule has 0 saturated carbocycles. The quantitative estimate of drug-likeness (QED) is 0.711. The van der Waals surface area contributed by atoms with Gasteiger partial charge in [-0.15, -0.1) is 11.3 Å². The van der Waals surface area contributed by atoms with Crippen LogP contribution in [0.2, 0.25) is 0 Å². The largest absolute Gasteiger partial charge is 0.303 e. The monoisotopic (exact) mass is 239 g/mol. The highest BCUT2D eigenvalue weighted by Crippen LogP contribution is 2.19. The molecule has 0 unspecified atom stereocenters. The highest BCUT2D eigenvalue weighted by Gasteiger charge is 2.22. The van der Waals surface area contributed by atoms with Crippen molar-refractivity contribution in [2.45, 2.75) is 40.3 Å². The fourth-order valence-corrected chi connectivity index (χ4v) is 2.31. The van der Waals surface area contributed by atoms with Crippen LogP contribution >= 0.6 is 11.3 Å². The van der Waals surface area contributed by atoms with Gasteiger partial charge < -0.3 is 4.79 Å². The van der Waals surface area contributed by atoms with Gasteiger partial charge in [-0.05, 0) is 25.3 Å². The molecule has 0 aromatic carbocycles. The van der Waals surface area contributed by atoms with Gasteiger partial charge in [0.25, 0.3) is 0 Å². The predicted molar refractivity (Wildman–Crippen MR) is 69.7 cm³/mol. The van der Waals surface area contributed by atoms with Crippen molar-refractivity contribution in [1.29, 1.82) is 0 Å². The minimum absolute atomic E-state index is 0.262. The third kappa shape index (κ3) is 4.06. The lowest BCUT2D eigenvalue weighted by Gasteiger charge is -2.31. The molecule has 0 spiro atoms. The van der Waals surface area contributed by atoms with Crippen LogP contribution in [0.5, 0.6) is 0 Å². The van der Waals surface area contributed by atoms with Gasteiger partial charge in [0.15, 0.2) is 0 Å². The molecular formula is C13H21NOS. The van der Waals surface area contributed by atoms with Crippen LogP contribution in [0, 0.1) is 5.41 Å². The van der Waals surface area contributed by atoms with Gasteiger partial charge in [-0.3, -0.25) is 4.90 Å². The molecule has 0 N–H and O–H groups in total. The molecule has 0 bridgehead atoms. The fraction of sp³-hybridized carbons (Fsp3) is 0.615. The lowest BCUT2D eigenvalue weighted by Crippen LogP contribution is -2.39. The Bertz CT molecular complexity index is 317. The Morgan fingerprint density at radius 2 is 2.19 bits per heavy atom. The Hall–Kier alpha value is -0.670. The van der Waals surface area contributed by atoms with E-state index in [9.17, 15) is 4.79 Å². The number of carbonyl (C=O) groups is 1. The molecule has 0 aliphatic carbocycles. The van der Waals surface area contributed by atoms with Crippen molar-refractivity contribution in [1.82, 2.24) is 4.90 Å². The molecule has 1 aromatic heterocycles. The molecule has 3 heteroatoms. The SMILES string of the molecule is CC(C)N(Cc1cccs1)CC(C)(C)C=O. The van der Waals surface area contributed by atoms with Crippen LogP contribution in [0.15, 0.2) is 17.5 Å². The van der Waals surface area contributed by atoms with Gasteiger partial charge in [0.2, 0.25) is 0 Å². The molecule has 90 valence electrons. The van der Waals surface area contributed by atoms with Crippen molar-refractivity contribution >= 4 is 17.6 Å². The number of hydrogen-bond donors (Lipinski definition) is 0. The van der Waals surface area contributed by atoms with Crippen molar-refractivity contribution in [2.75, 3.05) is 6.54 Å². The van der Waals surface area contributed by atoms with E-state index in [2.05, 4.69) is 36.3 Å². The number of nitrogens with zero attached hydrogens (tertiary/aromatic N) is 1. The summed E-state index contributed by atoms with van der Waals surface area (Å²) in [6.45, 7) is 10.1. The van der Waals surface area contributed by atoms with Crippen LogP contribution < -0.4 is 0 Å². The maximum atomic E-state index is 11.0. The van der Waals surface area contributed by atoms with Crippen molar-refractivity contribution in [2.24, 2.45) is 5.41 Å². The van der Waals surface area contributed by atoms with E-state index >= 15 is 0 Å². The molecule has 0 aliphatic heterocycles. The molecule has 0 aliphatic rings. The minimum atomic E-state index is -0.262. The second-order valence-electron chi connectivity index (χ2n) is 5.18. The summed E-state index contributed by atoms with van der Waals surface area (Å²) in [5.41, 5.74) is -0.262. The summed E-state index contributed by atoms with van der Waals surface area (Å²) in [5.74, 6) is 0. The third-order valence-corrected chi connectivity index (χ3v) is 3.46. The van der Waals surface area contributed by atoms with Gasteiger partial charge in [0, 0.05) is 29.4 Å². The summed E-state index contributed by atoms with van der Waals surface area (Å²) in [7, 11) is 0. The molecular weight excluding hydrogens is 218 g/mol. The molecule has 0 amide bonds. The van der Waals surface area contributed by atoms with E-state index in [1.54, 1.807) is 11.3 Å². The van der Waals surface area contributed by atoms with Crippen LogP contribution in [0.4, 0.5) is 0 Å². The Balaban J connectivity index is 2.65. The lowest BCUT2D eigenvalue weighted by molar-refractivity contribution is -0.115. The number of carbonyl (C=O) groups excluding carboxylic acids is 1. The summed E-state index contributed by atoms with van der Waals surface area (Å²) in [4.78, 5) is 14.7. The average Bonchev–Trinajstić information content (AvgIpc) is 2.69. The fourth-order valence-electron chi connectivity index (χ4n) is 1.58. The first kappa shape index (κ1) is 13.4. The molecule has 0 fully saturated rings. The van der Waals surface area contributed by atoms with E-state index < -0.39 is 0 Å². The van der Waals surface area contributed by atoms with Crippen molar-refractivity contribution in [3.8, 4) is 0 Å². The van der Waals surface area contributed by atoms with Gasteiger partial charge in [0.05, 0.1) is 0 Å². The Morgan fingerprint density at radius 3 is 2.62 bits per heavy atom. The van der Waals surface area contributed by atoms with Gasteiger partial charge in [-0.1, -0.05) is 19.9 Å². The minimum Gasteiger partial charge on any atom is -0.303 e. The van der Waals surface area contributed by atoms with Crippen LogP contribution in [0.3, 0.4) is 0 Å².